The highest BCUT2D eigenvalue weighted by atomic mass is 16.5. The summed E-state index contributed by atoms with van der Waals surface area (Å²) in [6.07, 6.45) is 0. The molecule has 8 nitrogen and oxygen atoms in total. The van der Waals surface area contributed by atoms with Crippen molar-refractivity contribution in [3.8, 4) is 0 Å². The van der Waals surface area contributed by atoms with Crippen LogP contribution in [0.4, 0.5) is 0 Å². The Kier molecular flexibility index (Phi) is 4.76. The maximum absolute atomic E-state index is 13.1. The van der Waals surface area contributed by atoms with Crippen LogP contribution in [0.2, 0.25) is 0 Å². The van der Waals surface area contributed by atoms with Crippen molar-refractivity contribution in [3.05, 3.63) is 51.6 Å². The zero-order chi connectivity index (χ0) is 19.9. The molecule has 2 aromatic heterocycles. The minimum atomic E-state index is -0.341. The van der Waals surface area contributed by atoms with E-state index < -0.39 is 0 Å². The molecule has 0 aliphatic carbocycles. The lowest BCUT2D eigenvalue weighted by molar-refractivity contribution is 0.0206. The first-order valence-corrected chi connectivity index (χ1v) is 9.59. The van der Waals surface area contributed by atoms with Gasteiger partial charge in [-0.3, -0.25) is 9.69 Å². The number of aromatic nitrogens is 5. The topological polar surface area (TPSA) is 88.9 Å². The van der Waals surface area contributed by atoms with Gasteiger partial charge in [0.15, 0.2) is 5.82 Å². The number of hydrogen-bond acceptors (Lipinski definition) is 6. The first-order valence-electron chi connectivity index (χ1n) is 9.59. The highest BCUT2D eigenvalue weighted by molar-refractivity contribution is 5.82. The highest BCUT2D eigenvalue weighted by Crippen LogP contribution is 2.30. The third-order valence-electron chi connectivity index (χ3n) is 5.20. The number of morpholine rings is 1. The van der Waals surface area contributed by atoms with Gasteiger partial charge in [-0.25, -0.2) is 4.68 Å². The van der Waals surface area contributed by atoms with Crippen LogP contribution in [0, 0.1) is 6.92 Å². The van der Waals surface area contributed by atoms with Crippen molar-refractivity contribution >= 4 is 10.9 Å². The number of fused-ring (bicyclic) bond motifs is 1. The van der Waals surface area contributed by atoms with Gasteiger partial charge in [-0.1, -0.05) is 18.2 Å². The largest absolute Gasteiger partial charge is 0.379 e. The molecular formula is C20H26N6O2. The van der Waals surface area contributed by atoms with E-state index in [0.29, 0.717) is 37.7 Å². The molecular weight excluding hydrogens is 356 g/mol. The molecule has 0 bridgehead atoms. The third kappa shape index (κ3) is 3.33. The first-order chi connectivity index (χ1) is 13.4. The molecule has 4 rings (SSSR count). The minimum Gasteiger partial charge on any atom is -0.379 e. The summed E-state index contributed by atoms with van der Waals surface area (Å²) in [7, 11) is 0. The molecule has 1 N–H and O–H groups in total. The first kappa shape index (κ1) is 18.8. The molecule has 28 heavy (non-hydrogen) atoms. The summed E-state index contributed by atoms with van der Waals surface area (Å²) in [6.45, 7) is 10.8. The van der Waals surface area contributed by atoms with Gasteiger partial charge in [0.1, 0.15) is 6.04 Å². The van der Waals surface area contributed by atoms with Crippen LogP contribution in [0.3, 0.4) is 0 Å². The average Bonchev–Trinajstić information content (AvgIpc) is 3.14. The number of aromatic amines is 1. The smallest absolute Gasteiger partial charge is 0.253 e. The standard InChI is InChI=1S/C20H26N6O2/c1-13-6-5-7-14-12-15(19(27)21-16(13)14)17(25-8-10-28-11-9-25)18-22-23-24-26(18)20(2,3)4/h5-7,12,17H,8-11H2,1-4H3,(H,21,27)/t17-/m1/s1. The Morgan fingerprint density at radius 2 is 1.96 bits per heavy atom. The predicted molar refractivity (Wildman–Crippen MR) is 106 cm³/mol. The number of hydrogen-bond donors (Lipinski definition) is 1. The van der Waals surface area contributed by atoms with E-state index in [-0.39, 0.29) is 17.1 Å². The van der Waals surface area contributed by atoms with Gasteiger partial charge in [-0.2, -0.15) is 0 Å². The molecule has 0 saturated carbocycles. The number of pyridine rings is 1. The fraction of sp³-hybridized carbons (Fsp3) is 0.500. The molecule has 1 fully saturated rings. The normalized spacial score (nSPS) is 17.1. The zero-order valence-corrected chi connectivity index (χ0v) is 16.8. The molecule has 3 heterocycles. The van der Waals surface area contributed by atoms with E-state index in [1.165, 1.54) is 0 Å². The molecule has 1 aliphatic heterocycles. The number of nitrogens with one attached hydrogen (secondary N) is 1. The van der Waals surface area contributed by atoms with Gasteiger partial charge in [0.05, 0.1) is 24.3 Å². The molecule has 0 amide bonds. The summed E-state index contributed by atoms with van der Waals surface area (Å²) in [5.74, 6) is 0.673. The summed E-state index contributed by atoms with van der Waals surface area (Å²) in [6, 6.07) is 7.65. The minimum absolute atomic E-state index is 0.109. The number of nitrogens with zero attached hydrogens (tertiary/aromatic N) is 5. The SMILES string of the molecule is Cc1cccc2cc([C@H](c3nnnn3C(C)(C)C)N3CCOCC3)c(=O)[nH]c12. The van der Waals surface area contributed by atoms with E-state index in [9.17, 15) is 4.79 Å². The number of para-hydroxylation sites is 1. The van der Waals surface area contributed by atoms with Crippen LogP contribution in [0.1, 0.15) is 43.8 Å². The van der Waals surface area contributed by atoms with Gasteiger partial charge >= 0.3 is 0 Å². The van der Waals surface area contributed by atoms with Crippen molar-refractivity contribution in [2.45, 2.75) is 39.3 Å². The second-order valence-electron chi connectivity index (χ2n) is 8.26. The van der Waals surface area contributed by atoms with Crippen molar-refractivity contribution in [1.29, 1.82) is 0 Å². The highest BCUT2D eigenvalue weighted by Gasteiger charge is 2.34. The van der Waals surface area contributed by atoms with Gasteiger partial charge < -0.3 is 9.72 Å². The molecule has 1 saturated heterocycles. The van der Waals surface area contributed by atoms with Gasteiger partial charge in [0.25, 0.3) is 5.56 Å². The van der Waals surface area contributed by atoms with Crippen molar-refractivity contribution < 1.29 is 4.74 Å². The number of benzene rings is 1. The van der Waals surface area contributed by atoms with Crippen LogP contribution in [0.5, 0.6) is 0 Å². The number of ether oxygens (including phenoxy) is 1. The Labute approximate surface area is 163 Å². The molecule has 148 valence electrons. The van der Waals surface area contributed by atoms with Crippen molar-refractivity contribution in [1.82, 2.24) is 30.1 Å². The molecule has 1 atom stereocenters. The molecule has 1 aromatic carbocycles. The summed E-state index contributed by atoms with van der Waals surface area (Å²) in [4.78, 5) is 18.4. The van der Waals surface area contributed by atoms with E-state index in [1.807, 2.05) is 35.9 Å². The lowest BCUT2D eigenvalue weighted by atomic mass is 10.0. The Hall–Kier alpha value is -2.58. The summed E-state index contributed by atoms with van der Waals surface area (Å²) in [5.41, 5.74) is 2.15. The molecule has 1 aliphatic rings. The Morgan fingerprint density at radius 1 is 1.21 bits per heavy atom. The number of H-pyrrole nitrogens is 1. The maximum Gasteiger partial charge on any atom is 0.253 e. The number of aryl methyl sites for hydroxylation is 1. The fourth-order valence-corrected chi connectivity index (χ4v) is 3.78. The lowest BCUT2D eigenvalue weighted by Gasteiger charge is -2.34. The lowest BCUT2D eigenvalue weighted by Crippen LogP contribution is -2.43. The maximum atomic E-state index is 13.1. The van der Waals surface area contributed by atoms with Gasteiger partial charge in [0.2, 0.25) is 0 Å². The monoisotopic (exact) mass is 382 g/mol. The molecule has 3 aromatic rings. The van der Waals surface area contributed by atoms with E-state index in [1.54, 1.807) is 0 Å². The molecule has 0 radical (unpaired) electrons. The van der Waals surface area contributed by atoms with Crippen LogP contribution in [0.15, 0.2) is 29.1 Å². The number of rotatable bonds is 3. The summed E-state index contributed by atoms with van der Waals surface area (Å²) >= 11 is 0. The molecule has 0 unspecified atom stereocenters. The van der Waals surface area contributed by atoms with Crippen molar-refractivity contribution in [2.75, 3.05) is 26.3 Å². The van der Waals surface area contributed by atoms with E-state index >= 15 is 0 Å². The Morgan fingerprint density at radius 3 is 2.68 bits per heavy atom. The van der Waals surface area contributed by atoms with Crippen LogP contribution >= 0.6 is 0 Å². The van der Waals surface area contributed by atoms with Crippen molar-refractivity contribution in [2.24, 2.45) is 0 Å². The predicted octanol–water partition coefficient (Wildman–Crippen LogP) is 2.00. The van der Waals surface area contributed by atoms with Gasteiger partial charge in [-0.15, -0.1) is 5.10 Å². The van der Waals surface area contributed by atoms with E-state index in [0.717, 1.165) is 16.5 Å². The average molecular weight is 382 g/mol. The second-order valence-corrected chi connectivity index (χ2v) is 8.26. The quantitative estimate of drug-likeness (QED) is 0.745. The Balaban J connectivity index is 1.92. The summed E-state index contributed by atoms with van der Waals surface area (Å²) in [5, 5.41) is 13.5. The fourth-order valence-electron chi connectivity index (χ4n) is 3.78. The van der Waals surface area contributed by atoms with Crippen LogP contribution < -0.4 is 5.56 Å². The number of tetrazole rings is 1. The summed E-state index contributed by atoms with van der Waals surface area (Å²) < 4.78 is 7.34. The molecule has 0 spiro atoms. The van der Waals surface area contributed by atoms with E-state index in [2.05, 4.69) is 46.2 Å². The van der Waals surface area contributed by atoms with Crippen molar-refractivity contribution in [3.63, 3.8) is 0 Å². The van der Waals surface area contributed by atoms with Crippen LogP contribution in [0.25, 0.3) is 10.9 Å². The second kappa shape index (κ2) is 7.10. The van der Waals surface area contributed by atoms with Gasteiger partial charge in [0, 0.05) is 18.7 Å². The van der Waals surface area contributed by atoms with Crippen LogP contribution in [-0.4, -0.2) is 56.4 Å². The van der Waals surface area contributed by atoms with E-state index in [4.69, 9.17) is 4.74 Å². The van der Waals surface area contributed by atoms with Gasteiger partial charge in [-0.05, 0) is 55.1 Å². The molecule has 8 heteroatoms. The zero-order valence-electron chi connectivity index (χ0n) is 16.8. The van der Waals surface area contributed by atoms with Crippen LogP contribution in [-0.2, 0) is 10.3 Å². The Bertz CT molecular complexity index is 1040. The third-order valence-corrected chi connectivity index (χ3v) is 5.20.